The summed E-state index contributed by atoms with van der Waals surface area (Å²) in [4.78, 5) is 13.3. The molecule has 5 nitrogen and oxygen atoms in total. The predicted octanol–water partition coefficient (Wildman–Crippen LogP) is 4.34. The molecule has 172 valence electrons. The Balaban J connectivity index is 1.35. The lowest BCUT2D eigenvalue weighted by molar-refractivity contribution is -0.127. The third kappa shape index (κ3) is 4.55. The number of sulfonamides is 1. The van der Waals surface area contributed by atoms with Crippen molar-refractivity contribution in [2.24, 2.45) is 17.8 Å². The van der Waals surface area contributed by atoms with Crippen molar-refractivity contribution in [3.8, 4) is 0 Å². The summed E-state index contributed by atoms with van der Waals surface area (Å²) in [7, 11) is -3.44. The standard InChI is InChI=1S/C23H34N2O3S3/c1-3-25(4-2)31(27,28)21-10-8-17(9-11-21)16-24-22(26)18-14-19-6-5-7-20(15-18)23(19)29-12-13-30-23/h8-11,18-20H,3-7,12-16H2,1-2H3,(H,24,26). The number of rotatable bonds is 7. The first-order valence-electron chi connectivity index (χ1n) is 11.6. The lowest BCUT2D eigenvalue weighted by Gasteiger charge is -2.52. The van der Waals surface area contributed by atoms with Gasteiger partial charge in [0.25, 0.3) is 0 Å². The van der Waals surface area contributed by atoms with Gasteiger partial charge in [-0.2, -0.15) is 4.31 Å². The maximum Gasteiger partial charge on any atom is 0.243 e. The highest BCUT2D eigenvalue weighted by atomic mass is 32.2. The molecule has 0 radical (unpaired) electrons. The lowest BCUT2D eigenvalue weighted by atomic mass is 9.67. The highest BCUT2D eigenvalue weighted by Gasteiger charge is 2.55. The van der Waals surface area contributed by atoms with Crippen molar-refractivity contribution in [3.05, 3.63) is 29.8 Å². The average Bonchev–Trinajstić information content (AvgIpc) is 3.22. The predicted molar refractivity (Wildman–Crippen MR) is 130 cm³/mol. The van der Waals surface area contributed by atoms with Gasteiger partial charge < -0.3 is 5.32 Å². The van der Waals surface area contributed by atoms with Gasteiger partial charge in [-0.05, 0) is 55.2 Å². The molecule has 1 heterocycles. The molecule has 2 unspecified atom stereocenters. The Labute approximate surface area is 195 Å². The van der Waals surface area contributed by atoms with Crippen molar-refractivity contribution in [1.29, 1.82) is 0 Å². The van der Waals surface area contributed by atoms with Crippen LogP contribution in [0.5, 0.6) is 0 Å². The van der Waals surface area contributed by atoms with Crippen molar-refractivity contribution in [3.63, 3.8) is 0 Å². The number of carbonyl (C=O) groups is 1. The molecule has 1 N–H and O–H groups in total. The summed E-state index contributed by atoms with van der Waals surface area (Å²) in [5, 5.41) is 3.13. The van der Waals surface area contributed by atoms with E-state index in [0.29, 0.717) is 40.4 Å². The number of hydrogen-bond donors (Lipinski definition) is 1. The van der Waals surface area contributed by atoms with Crippen molar-refractivity contribution in [1.82, 2.24) is 9.62 Å². The number of benzene rings is 1. The molecule has 2 atom stereocenters. The molecule has 1 saturated heterocycles. The maximum atomic E-state index is 13.0. The van der Waals surface area contributed by atoms with Gasteiger partial charge >= 0.3 is 0 Å². The van der Waals surface area contributed by atoms with Crippen LogP contribution in [0.15, 0.2) is 29.2 Å². The van der Waals surface area contributed by atoms with E-state index in [2.05, 4.69) is 28.8 Å². The molecule has 0 aromatic heterocycles. The molecule has 1 spiro atoms. The van der Waals surface area contributed by atoms with E-state index >= 15 is 0 Å². The van der Waals surface area contributed by atoms with Crippen molar-refractivity contribution in [2.75, 3.05) is 24.6 Å². The SMILES string of the molecule is CCN(CC)S(=O)(=O)c1ccc(CNC(=O)C2CC3CCCC(C2)C32SCCS2)cc1. The summed E-state index contributed by atoms with van der Waals surface area (Å²) in [6, 6.07) is 6.93. The first kappa shape index (κ1) is 23.5. The van der Waals surface area contributed by atoms with Gasteiger partial charge in [0, 0.05) is 37.1 Å². The molecule has 2 bridgehead atoms. The van der Waals surface area contributed by atoms with Crippen LogP contribution in [0.3, 0.4) is 0 Å². The molecule has 2 saturated carbocycles. The van der Waals surface area contributed by atoms with E-state index in [1.54, 1.807) is 12.1 Å². The van der Waals surface area contributed by atoms with E-state index in [4.69, 9.17) is 0 Å². The van der Waals surface area contributed by atoms with Crippen LogP contribution >= 0.6 is 23.5 Å². The third-order valence-electron chi connectivity index (χ3n) is 7.22. The number of amides is 1. The third-order valence-corrected chi connectivity index (χ3v) is 13.3. The fourth-order valence-corrected chi connectivity index (χ4v) is 11.0. The van der Waals surface area contributed by atoms with Gasteiger partial charge in [-0.25, -0.2) is 8.42 Å². The minimum absolute atomic E-state index is 0.116. The van der Waals surface area contributed by atoms with Crippen molar-refractivity contribution < 1.29 is 13.2 Å². The summed E-state index contributed by atoms with van der Waals surface area (Å²) < 4.78 is 27.1. The number of thioether (sulfide) groups is 2. The van der Waals surface area contributed by atoms with Crippen LogP contribution in [0.25, 0.3) is 0 Å². The van der Waals surface area contributed by atoms with Gasteiger partial charge in [-0.3, -0.25) is 4.79 Å². The fraction of sp³-hybridized carbons (Fsp3) is 0.696. The van der Waals surface area contributed by atoms with Gasteiger partial charge in [0.1, 0.15) is 0 Å². The molecule has 1 aromatic rings. The largest absolute Gasteiger partial charge is 0.352 e. The second-order valence-electron chi connectivity index (χ2n) is 8.86. The average molecular weight is 483 g/mol. The zero-order chi connectivity index (χ0) is 22.1. The van der Waals surface area contributed by atoms with Crippen molar-refractivity contribution >= 4 is 39.5 Å². The molecular weight excluding hydrogens is 448 g/mol. The molecule has 1 aliphatic heterocycles. The highest BCUT2D eigenvalue weighted by Crippen LogP contribution is 2.64. The Hall–Kier alpha value is -0.700. The molecule has 4 rings (SSSR count). The van der Waals surface area contributed by atoms with Gasteiger partial charge in [-0.1, -0.05) is 32.4 Å². The zero-order valence-corrected chi connectivity index (χ0v) is 21.0. The summed E-state index contributed by atoms with van der Waals surface area (Å²) in [5.41, 5.74) is 0.932. The van der Waals surface area contributed by atoms with Crippen LogP contribution in [0.2, 0.25) is 0 Å². The number of hydrogen-bond acceptors (Lipinski definition) is 5. The molecule has 3 aliphatic rings. The smallest absolute Gasteiger partial charge is 0.243 e. The molecule has 1 amide bonds. The van der Waals surface area contributed by atoms with Crippen LogP contribution in [-0.4, -0.2) is 47.3 Å². The highest BCUT2D eigenvalue weighted by molar-refractivity contribution is 8.21. The van der Waals surface area contributed by atoms with Gasteiger partial charge in [0.05, 0.1) is 8.97 Å². The van der Waals surface area contributed by atoms with Crippen molar-refractivity contribution in [2.45, 2.75) is 61.5 Å². The quantitative estimate of drug-likeness (QED) is 0.626. The van der Waals surface area contributed by atoms with Gasteiger partial charge in [-0.15, -0.1) is 23.5 Å². The van der Waals surface area contributed by atoms with E-state index in [-0.39, 0.29) is 11.8 Å². The summed E-state index contributed by atoms with van der Waals surface area (Å²) in [5.74, 6) is 4.13. The second kappa shape index (κ2) is 9.65. The topological polar surface area (TPSA) is 66.5 Å². The van der Waals surface area contributed by atoms with Crippen LogP contribution in [0.4, 0.5) is 0 Å². The Morgan fingerprint density at radius 1 is 1.06 bits per heavy atom. The second-order valence-corrected chi connectivity index (χ2v) is 13.8. The van der Waals surface area contributed by atoms with Gasteiger partial charge in [0.2, 0.25) is 15.9 Å². The number of nitrogens with zero attached hydrogens (tertiary/aromatic N) is 1. The Morgan fingerprint density at radius 2 is 1.65 bits per heavy atom. The summed E-state index contributed by atoms with van der Waals surface area (Å²) in [6.07, 6.45) is 5.88. The van der Waals surface area contributed by atoms with E-state index in [1.165, 1.54) is 35.1 Å². The van der Waals surface area contributed by atoms with Gasteiger partial charge in [0.15, 0.2) is 0 Å². The summed E-state index contributed by atoms with van der Waals surface area (Å²) in [6.45, 7) is 5.05. The van der Waals surface area contributed by atoms with Crippen LogP contribution < -0.4 is 5.32 Å². The first-order valence-corrected chi connectivity index (χ1v) is 15.0. The van der Waals surface area contributed by atoms with E-state index in [0.717, 1.165) is 18.4 Å². The maximum absolute atomic E-state index is 13.0. The molecule has 3 fully saturated rings. The first-order chi connectivity index (χ1) is 14.9. The normalized spacial score (nSPS) is 27.5. The van der Waals surface area contributed by atoms with Crippen LogP contribution in [-0.2, 0) is 21.4 Å². The van der Waals surface area contributed by atoms with E-state index in [9.17, 15) is 13.2 Å². The molecular formula is C23H34N2O3S3. The number of nitrogens with one attached hydrogen (secondary N) is 1. The zero-order valence-electron chi connectivity index (χ0n) is 18.5. The minimum atomic E-state index is -3.44. The van der Waals surface area contributed by atoms with Crippen LogP contribution in [0, 0.1) is 17.8 Å². The Kier molecular flexibility index (Phi) is 7.31. The minimum Gasteiger partial charge on any atom is -0.352 e. The molecule has 1 aromatic carbocycles. The van der Waals surface area contributed by atoms with E-state index < -0.39 is 10.0 Å². The Bertz CT molecular complexity index is 862. The van der Waals surface area contributed by atoms with Crippen LogP contribution in [0.1, 0.15) is 51.5 Å². The Morgan fingerprint density at radius 3 is 2.19 bits per heavy atom. The fourth-order valence-electron chi connectivity index (χ4n) is 5.65. The monoisotopic (exact) mass is 482 g/mol. The lowest BCUT2D eigenvalue weighted by Crippen LogP contribution is -2.49. The van der Waals surface area contributed by atoms with E-state index in [1.807, 2.05) is 26.0 Å². The summed E-state index contributed by atoms with van der Waals surface area (Å²) >= 11 is 4.34. The number of carbonyl (C=O) groups excluding carboxylic acids is 1. The molecule has 2 aliphatic carbocycles. The molecule has 8 heteroatoms. The molecule has 31 heavy (non-hydrogen) atoms.